The zero-order chi connectivity index (χ0) is 15.4. The quantitative estimate of drug-likeness (QED) is 0.813. The molecule has 0 spiro atoms. The molecule has 1 saturated carbocycles. The van der Waals surface area contributed by atoms with E-state index in [1.807, 2.05) is 18.2 Å². The van der Waals surface area contributed by atoms with Crippen LogP contribution in [0.3, 0.4) is 0 Å². The molecule has 2 unspecified atom stereocenters. The Morgan fingerprint density at radius 1 is 1.36 bits per heavy atom. The van der Waals surface area contributed by atoms with Crippen LogP contribution in [0, 0.1) is 5.92 Å². The molecule has 2 aliphatic rings. The van der Waals surface area contributed by atoms with Gasteiger partial charge in [0.2, 0.25) is 0 Å². The topological polar surface area (TPSA) is 67.6 Å². The second kappa shape index (κ2) is 7.22. The normalized spacial score (nSPS) is 24.0. The van der Waals surface area contributed by atoms with Crippen molar-refractivity contribution in [2.24, 2.45) is 11.7 Å². The molecule has 3 rings (SSSR count). The molecule has 3 N–H and O–H groups in total. The van der Waals surface area contributed by atoms with Gasteiger partial charge in [-0.05, 0) is 24.3 Å². The zero-order valence-electron chi connectivity index (χ0n) is 12.9. The summed E-state index contributed by atoms with van der Waals surface area (Å²) in [6.45, 7) is 3.51. The van der Waals surface area contributed by atoms with Gasteiger partial charge in [0, 0.05) is 32.2 Å². The number of nitrogens with two attached hydrogens (primary N) is 1. The minimum absolute atomic E-state index is 0.0335. The number of morpholine rings is 1. The van der Waals surface area contributed by atoms with Crippen LogP contribution < -0.4 is 11.1 Å². The Hall–Kier alpha value is -1.43. The van der Waals surface area contributed by atoms with Crippen molar-refractivity contribution in [3.8, 4) is 0 Å². The number of hydrogen-bond acceptors (Lipinski definition) is 4. The molecule has 22 heavy (non-hydrogen) atoms. The maximum Gasteiger partial charge on any atom is 0.250 e. The summed E-state index contributed by atoms with van der Waals surface area (Å²) in [5, 5.41) is 2.94. The number of amides is 1. The van der Waals surface area contributed by atoms with Gasteiger partial charge in [0.05, 0.1) is 6.61 Å². The fourth-order valence-corrected chi connectivity index (χ4v) is 2.87. The highest BCUT2D eigenvalue weighted by molar-refractivity contribution is 5.81. The van der Waals surface area contributed by atoms with Gasteiger partial charge in [-0.25, -0.2) is 0 Å². The molecule has 0 radical (unpaired) electrons. The number of rotatable bonds is 6. The van der Waals surface area contributed by atoms with Crippen molar-refractivity contribution >= 4 is 5.91 Å². The van der Waals surface area contributed by atoms with E-state index < -0.39 is 0 Å². The molecular weight excluding hydrogens is 278 g/mol. The van der Waals surface area contributed by atoms with E-state index in [1.54, 1.807) is 0 Å². The van der Waals surface area contributed by atoms with Gasteiger partial charge in [-0.15, -0.1) is 0 Å². The largest absolute Gasteiger partial charge is 0.366 e. The Morgan fingerprint density at radius 3 is 2.86 bits per heavy atom. The smallest absolute Gasteiger partial charge is 0.250 e. The summed E-state index contributed by atoms with van der Waals surface area (Å²) in [4.78, 5) is 14.5. The standard InChI is InChI=1S/C17H25N3O2/c18-15(14-6-7-14)10-19-17(21)16-12-20(8-9-22-16)11-13-4-2-1-3-5-13/h1-5,14-16H,6-12,18H2,(H,19,21). The van der Waals surface area contributed by atoms with Gasteiger partial charge in [-0.3, -0.25) is 9.69 Å². The maximum atomic E-state index is 12.2. The number of ether oxygens (including phenoxy) is 1. The number of hydrogen-bond donors (Lipinski definition) is 2. The van der Waals surface area contributed by atoms with Crippen molar-refractivity contribution in [2.75, 3.05) is 26.2 Å². The molecule has 1 amide bonds. The first-order valence-corrected chi connectivity index (χ1v) is 8.13. The Balaban J connectivity index is 1.46. The van der Waals surface area contributed by atoms with Crippen molar-refractivity contribution in [1.82, 2.24) is 10.2 Å². The molecule has 5 heteroatoms. The molecule has 1 aliphatic carbocycles. The third kappa shape index (κ3) is 4.29. The number of carbonyl (C=O) groups is 1. The van der Waals surface area contributed by atoms with Crippen LogP contribution in [0.4, 0.5) is 0 Å². The summed E-state index contributed by atoms with van der Waals surface area (Å²) in [5.41, 5.74) is 7.28. The molecule has 0 bridgehead atoms. The van der Waals surface area contributed by atoms with Crippen molar-refractivity contribution in [3.63, 3.8) is 0 Å². The highest BCUT2D eigenvalue weighted by Gasteiger charge is 2.30. The maximum absolute atomic E-state index is 12.2. The lowest BCUT2D eigenvalue weighted by Crippen LogP contribution is -2.51. The lowest BCUT2D eigenvalue weighted by Gasteiger charge is -2.32. The van der Waals surface area contributed by atoms with Gasteiger partial charge in [-0.1, -0.05) is 30.3 Å². The monoisotopic (exact) mass is 303 g/mol. The molecule has 1 aromatic rings. The second-order valence-electron chi connectivity index (χ2n) is 6.33. The second-order valence-corrected chi connectivity index (χ2v) is 6.33. The molecule has 1 aliphatic heterocycles. The first kappa shape index (κ1) is 15.5. The van der Waals surface area contributed by atoms with E-state index in [2.05, 4.69) is 22.3 Å². The van der Waals surface area contributed by atoms with Crippen LogP contribution >= 0.6 is 0 Å². The molecule has 1 heterocycles. The predicted molar refractivity (Wildman–Crippen MR) is 85.2 cm³/mol. The van der Waals surface area contributed by atoms with Crippen LogP contribution in [0.5, 0.6) is 0 Å². The lowest BCUT2D eigenvalue weighted by molar-refractivity contribution is -0.138. The van der Waals surface area contributed by atoms with E-state index in [9.17, 15) is 4.79 Å². The van der Waals surface area contributed by atoms with E-state index in [0.29, 0.717) is 25.6 Å². The van der Waals surface area contributed by atoms with Crippen LogP contribution in [0.15, 0.2) is 30.3 Å². The number of nitrogens with one attached hydrogen (secondary N) is 1. The van der Waals surface area contributed by atoms with Crippen LogP contribution in [-0.2, 0) is 16.1 Å². The summed E-state index contributed by atoms with van der Waals surface area (Å²) < 4.78 is 5.62. The number of benzene rings is 1. The molecule has 1 aromatic carbocycles. The minimum atomic E-state index is -0.385. The van der Waals surface area contributed by atoms with E-state index in [1.165, 1.54) is 18.4 Å². The van der Waals surface area contributed by atoms with Gasteiger partial charge >= 0.3 is 0 Å². The zero-order valence-corrected chi connectivity index (χ0v) is 12.9. The first-order chi connectivity index (χ1) is 10.7. The highest BCUT2D eigenvalue weighted by atomic mass is 16.5. The van der Waals surface area contributed by atoms with Gasteiger partial charge < -0.3 is 15.8 Å². The Labute approximate surface area is 131 Å². The van der Waals surface area contributed by atoms with Crippen LogP contribution in [-0.4, -0.2) is 49.2 Å². The SMILES string of the molecule is NC(CNC(=O)C1CN(Cc2ccccc2)CCO1)C1CC1. The van der Waals surface area contributed by atoms with Crippen molar-refractivity contribution in [3.05, 3.63) is 35.9 Å². The Kier molecular flexibility index (Phi) is 5.08. The number of nitrogens with zero attached hydrogens (tertiary/aromatic N) is 1. The van der Waals surface area contributed by atoms with Crippen LogP contribution in [0.25, 0.3) is 0 Å². The van der Waals surface area contributed by atoms with E-state index in [0.717, 1.165) is 13.1 Å². The molecular formula is C17H25N3O2. The molecule has 0 aromatic heterocycles. The van der Waals surface area contributed by atoms with Gasteiger partial charge in [0.1, 0.15) is 6.10 Å². The summed E-state index contributed by atoms with van der Waals surface area (Å²) in [7, 11) is 0. The van der Waals surface area contributed by atoms with Crippen LogP contribution in [0.2, 0.25) is 0 Å². The van der Waals surface area contributed by atoms with E-state index in [-0.39, 0.29) is 18.1 Å². The third-order valence-electron chi connectivity index (χ3n) is 4.43. The fourth-order valence-electron chi connectivity index (χ4n) is 2.87. The summed E-state index contributed by atoms with van der Waals surface area (Å²) in [5.74, 6) is 0.566. The molecule has 5 nitrogen and oxygen atoms in total. The van der Waals surface area contributed by atoms with Gasteiger partial charge in [0.25, 0.3) is 5.91 Å². The molecule has 1 saturated heterocycles. The molecule has 120 valence electrons. The van der Waals surface area contributed by atoms with E-state index >= 15 is 0 Å². The predicted octanol–water partition coefficient (Wildman–Crippen LogP) is 0.741. The van der Waals surface area contributed by atoms with Crippen molar-refractivity contribution in [1.29, 1.82) is 0 Å². The van der Waals surface area contributed by atoms with Crippen molar-refractivity contribution in [2.45, 2.75) is 31.5 Å². The van der Waals surface area contributed by atoms with Crippen molar-refractivity contribution < 1.29 is 9.53 Å². The minimum Gasteiger partial charge on any atom is -0.366 e. The average Bonchev–Trinajstić information content (AvgIpc) is 3.38. The summed E-state index contributed by atoms with van der Waals surface area (Å²) in [6, 6.07) is 10.4. The van der Waals surface area contributed by atoms with E-state index in [4.69, 9.17) is 10.5 Å². The Bertz CT molecular complexity index is 490. The number of carbonyl (C=O) groups excluding carboxylic acids is 1. The molecule has 2 atom stereocenters. The molecule has 2 fully saturated rings. The highest BCUT2D eigenvalue weighted by Crippen LogP contribution is 2.31. The van der Waals surface area contributed by atoms with Gasteiger partial charge in [0.15, 0.2) is 0 Å². The first-order valence-electron chi connectivity index (χ1n) is 8.13. The summed E-state index contributed by atoms with van der Waals surface area (Å²) >= 11 is 0. The average molecular weight is 303 g/mol. The lowest BCUT2D eigenvalue weighted by atomic mass is 10.1. The summed E-state index contributed by atoms with van der Waals surface area (Å²) in [6.07, 6.45) is 2.01. The Morgan fingerprint density at radius 2 is 2.14 bits per heavy atom. The van der Waals surface area contributed by atoms with Gasteiger partial charge in [-0.2, -0.15) is 0 Å². The fraction of sp³-hybridized carbons (Fsp3) is 0.588. The van der Waals surface area contributed by atoms with Crippen LogP contribution in [0.1, 0.15) is 18.4 Å². The third-order valence-corrected chi connectivity index (χ3v) is 4.43.